The second-order valence-electron chi connectivity index (χ2n) is 3.40. The Morgan fingerprint density at radius 2 is 2.23 bits per heavy atom. The number of thiol groups is 1. The van der Waals surface area contributed by atoms with Gasteiger partial charge in [0.1, 0.15) is 6.04 Å². The molecule has 0 aliphatic heterocycles. The van der Waals surface area contributed by atoms with Gasteiger partial charge in [0.15, 0.2) is 0 Å². The zero-order valence-corrected chi connectivity index (χ0v) is 8.25. The number of carbonyl (C=O) groups is 2. The van der Waals surface area contributed by atoms with E-state index in [-0.39, 0.29) is 17.6 Å². The molecule has 4 nitrogen and oxygen atoms in total. The minimum atomic E-state index is -1.03. The van der Waals surface area contributed by atoms with Crippen molar-refractivity contribution >= 4 is 24.5 Å². The Morgan fingerprint density at radius 1 is 1.69 bits per heavy atom. The zero-order chi connectivity index (χ0) is 10.0. The van der Waals surface area contributed by atoms with Gasteiger partial charge in [0.05, 0.1) is 0 Å². The molecular weight excluding hydrogens is 190 g/mol. The summed E-state index contributed by atoms with van der Waals surface area (Å²) in [5.74, 6) is -0.649. The van der Waals surface area contributed by atoms with E-state index in [0.717, 1.165) is 6.42 Å². The molecule has 0 bridgehead atoms. The lowest BCUT2D eigenvalue weighted by molar-refractivity contribution is -0.141. The molecule has 1 aliphatic carbocycles. The molecule has 2 N–H and O–H groups in total. The average Bonchev–Trinajstić information content (AvgIpc) is 2.77. The van der Waals surface area contributed by atoms with Gasteiger partial charge in [-0.05, 0) is 12.3 Å². The van der Waals surface area contributed by atoms with Crippen LogP contribution in [0.25, 0.3) is 0 Å². The lowest BCUT2D eigenvalue weighted by atomic mass is 10.3. The van der Waals surface area contributed by atoms with E-state index in [1.165, 1.54) is 0 Å². The summed E-state index contributed by atoms with van der Waals surface area (Å²) < 4.78 is 0. The molecule has 0 saturated heterocycles. The first-order valence-electron chi connectivity index (χ1n) is 4.20. The summed E-state index contributed by atoms with van der Waals surface area (Å²) >= 11 is 3.85. The number of carbonyl (C=O) groups excluding carboxylic acids is 1. The van der Waals surface area contributed by atoms with Crippen LogP contribution in [0.2, 0.25) is 0 Å². The third-order valence-corrected chi connectivity index (χ3v) is 2.61. The van der Waals surface area contributed by atoms with E-state index in [2.05, 4.69) is 17.9 Å². The lowest BCUT2D eigenvalue weighted by Crippen LogP contribution is -2.43. The number of hydrogen-bond donors (Lipinski definition) is 3. The van der Waals surface area contributed by atoms with Gasteiger partial charge in [-0.3, -0.25) is 4.79 Å². The number of nitrogens with one attached hydrogen (secondary N) is 1. The van der Waals surface area contributed by atoms with Crippen molar-refractivity contribution in [3.05, 3.63) is 0 Å². The summed E-state index contributed by atoms with van der Waals surface area (Å²) in [7, 11) is 0. The number of aliphatic carboxylic acids is 1. The molecule has 1 rings (SSSR count). The maximum atomic E-state index is 11.3. The van der Waals surface area contributed by atoms with E-state index in [1.54, 1.807) is 0 Å². The first kappa shape index (κ1) is 10.4. The molecule has 0 spiro atoms. The Bertz CT molecular complexity index is 231. The van der Waals surface area contributed by atoms with E-state index in [9.17, 15) is 9.59 Å². The van der Waals surface area contributed by atoms with E-state index < -0.39 is 12.0 Å². The predicted octanol–water partition coefficient (Wildman–Crippen LogP) is 0.142. The summed E-state index contributed by atoms with van der Waals surface area (Å²) in [4.78, 5) is 21.8. The molecule has 5 heteroatoms. The molecule has 13 heavy (non-hydrogen) atoms. The third-order valence-electron chi connectivity index (χ3n) is 2.24. The molecule has 0 heterocycles. The molecule has 1 fully saturated rings. The van der Waals surface area contributed by atoms with Gasteiger partial charge in [0, 0.05) is 11.7 Å². The topological polar surface area (TPSA) is 66.4 Å². The van der Waals surface area contributed by atoms with Crippen molar-refractivity contribution in [2.75, 3.05) is 5.75 Å². The van der Waals surface area contributed by atoms with Crippen molar-refractivity contribution in [1.82, 2.24) is 5.32 Å². The molecule has 3 unspecified atom stereocenters. The lowest BCUT2D eigenvalue weighted by Gasteiger charge is -2.11. The normalized spacial score (nSPS) is 27.8. The standard InChI is InChI=1S/C8H13NO3S/c1-4-2-5(4)7(10)9-6(3-13)8(11)12/h4-6,13H,2-3H2,1H3,(H,9,10)(H,11,12). The molecule has 3 atom stereocenters. The molecule has 0 aromatic heterocycles. The number of carboxylic acids is 1. The highest BCUT2D eigenvalue weighted by molar-refractivity contribution is 7.80. The van der Waals surface area contributed by atoms with Crippen LogP contribution in [0, 0.1) is 11.8 Å². The van der Waals surface area contributed by atoms with Crippen LogP contribution in [0.15, 0.2) is 0 Å². The van der Waals surface area contributed by atoms with Crippen LogP contribution in [0.3, 0.4) is 0 Å². The summed E-state index contributed by atoms with van der Waals surface area (Å²) in [6.45, 7) is 1.97. The zero-order valence-electron chi connectivity index (χ0n) is 7.36. The summed E-state index contributed by atoms with van der Waals surface area (Å²) in [6.07, 6.45) is 0.866. The van der Waals surface area contributed by atoms with Crippen LogP contribution in [0.5, 0.6) is 0 Å². The summed E-state index contributed by atoms with van der Waals surface area (Å²) in [5, 5.41) is 11.1. The maximum Gasteiger partial charge on any atom is 0.327 e. The van der Waals surface area contributed by atoms with Crippen LogP contribution in [-0.4, -0.2) is 28.8 Å². The van der Waals surface area contributed by atoms with Gasteiger partial charge in [0.2, 0.25) is 5.91 Å². The van der Waals surface area contributed by atoms with Gasteiger partial charge in [-0.2, -0.15) is 12.6 Å². The fourth-order valence-corrected chi connectivity index (χ4v) is 1.40. The van der Waals surface area contributed by atoms with Crippen LogP contribution < -0.4 is 5.32 Å². The van der Waals surface area contributed by atoms with E-state index in [1.807, 2.05) is 6.92 Å². The first-order valence-corrected chi connectivity index (χ1v) is 4.83. The Labute approximate surface area is 82.1 Å². The number of hydrogen-bond acceptors (Lipinski definition) is 3. The third kappa shape index (κ3) is 2.62. The average molecular weight is 203 g/mol. The van der Waals surface area contributed by atoms with Crippen LogP contribution in [0.1, 0.15) is 13.3 Å². The fourth-order valence-electron chi connectivity index (χ4n) is 1.15. The van der Waals surface area contributed by atoms with Crippen LogP contribution >= 0.6 is 12.6 Å². The Morgan fingerprint density at radius 3 is 2.54 bits per heavy atom. The van der Waals surface area contributed by atoms with Gasteiger partial charge in [-0.1, -0.05) is 6.92 Å². The van der Waals surface area contributed by atoms with Gasteiger partial charge in [0.25, 0.3) is 0 Å². The summed E-state index contributed by atoms with van der Waals surface area (Å²) in [6, 6.07) is -0.858. The van der Waals surface area contributed by atoms with Gasteiger partial charge in [-0.15, -0.1) is 0 Å². The molecule has 1 aliphatic rings. The van der Waals surface area contributed by atoms with E-state index in [4.69, 9.17) is 5.11 Å². The second-order valence-corrected chi connectivity index (χ2v) is 3.77. The molecule has 0 aromatic rings. The van der Waals surface area contributed by atoms with Crippen molar-refractivity contribution in [1.29, 1.82) is 0 Å². The monoisotopic (exact) mass is 203 g/mol. The second kappa shape index (κ2) is 4.00. The largest absolute Gasteiger partial charge is 0.480 e. The maximum absolute atomic E-state index is 11.3. The smallest absolute Gasteiger partial charge is 0.327 e. The van der Waals surface area contributed by atoms with E-state index >= 15 is 0 Å². The van der Waals surface area contributed by atoms with Crippen molar-refractivity contribution in [3.8, 4) is 0 Å². The highest BCUT2D eigenvalue weighted by atomic mass is 32.1. The molecule has 0 aromatic carbocycles. The van der Waals surface area contributed by atoms with Crippen molar-refractivity contribution in [3.63, 3.8) is 0 Å². The van der Waals surface area contributed by atoms with Gasteiger partial charge in [-0.25, -0.2) is 4.79 Å². The minimum absolute atomic E-state index is 0.0155. The highest BCUT2D eigenvalue weighted by Crippen LogP contribution is 2.37. The SMILES string of the molecule is CC1CC1C(=O)NC(CS)C(=O)O. The fraction of sp³-hybridized carbons (Fsp3) is 0.750. The van der Waals surface area contributed by atoms with Crippen molar-refractivity contribution in [2.24, 2.45) is 11.8 Å². The quantitative estimate of drug-likeness (QED) is 0.569. The Balaban J connectivity index is 2.38. The van der Waals surface area contributed by atoms with Crippen molar-refractivity contribution in [2.45, 2.75) is 19.4 Å². The number of rotatable bonds is 4. The highest BCUT2D eigenvalue weighted by Gasteiger charge is 2.40. The van der Waals surface area contributed by atoms with Crippen LogP contribution in [-0.2, 0) is 9.59 Å². The number of amides is 1. The van der Waals surface area contributed by atoms with Crippen LogP contribution in [0.4, 0.5) is 0 Å². The molecule has 74 valence electrons. The van der Waals surface area contributed by atoms with Gasteiger partial charge < -0.3 is 10.4 Å². The van der Waals surface area contributed by atoms with E-state index in [0.29, 0.717) is 5.92 Å². The predicted molar refractivity (Wildman–Crippen MR) is 50.7 cm³/mol. The molecule has 1 amide bonds. The molecular formula is C8H13NO3S. The van der Waals surface area contributed by atoms with Gasteiger partial charge >= 0.3 is 5.97 Å². The minimum Gasteiger partial charge on any atom is -0.480 e. The first-order chi connectivity index (χ1) is 6.06. The Kier molecular flexibility index (Phi) is 3.19. The molecule has 0 radical (unpaired) electrons. The summed E-state index contributed by atoms with van der Waals surface area (Å²) in [5.41, 5.74) is 0. The van der Waals surface area contributed by atoms with Crippen molar-refractivity contribution < 1.29 is 14.7 Å². The number of carboxylic acid groups (broad SMARTS) is 1. The molecule has 1 saturated carbocycles. The Hall–Kier alpha value is -0.710.